The molecule has 2 nitrogen and oxygen atoms in total. The number of piperidine rings is 1. The third-order valence-electron chi connectivity index (χ3n) is 3.88. The van der Waals surface area contributed by atoms with Crippen LogP contribution in [0.4, 0.5) is 5.69 Å². The van der Waals surface area contributed by atoms with Gasteiger partial charge in [0.15, 0.2) is 0 Å². The fourth-order valence-electron chi connectivity index (χ4n) is 2.95. The first-order valence-corrected chi connectivity index (χ1v) is 6.66. The molecule has 1 saturated heterocycles. The minimum absolute atomic E-state index is 0.624. The molecular weight excluding hydrogens is 222 g/mol. The van der Waals surface area contributed by atoms with Crippen LogP contribution in [-0.4, -0.2) is 13.7 Å². The van der Waals surface area contributed by atoms with E-state index in [1.807, 2.05) is 0 Å². The molecule has 1 atom stereocenters. The van der Waals surface area contributed by atoms with E-state index in [0.717, 1.165) is 18.7 Å². The van der Waals surface area contributed by atoms with E-state index in [-0.39, 0.29) is 0 Å². The van der Waals surface area contributed by atoms with Gasteiger partial charge in [-0.1, -0.05) is 18.2 Å². The molecule has 1 aromatic rings. The molecule has 2 aliphatic rings. The zero-order valence-corrected chi connectivity index (χ0v) is 10.8. The van der Waals surface area contributed by atoms with Crippen molar-refractivity contribution in [1.82, 2.24) is 0 Å². The molecule has 0 amide bonds. The van der Waals surface area contributed by atoms with Crippen molar-refractivity contribution in [3.63, 3.8) is 0 Å². The normalized spacial score (nSPS) is 22.9. The maximum Gasteiger partial charge on any atom is 0.0962 e. The third kappa shape index (κ3) is 2.03. The molecule has 0 bridgehead atoms. The van der Waals surface area contributed by atoms with Crippen LogP contribution in [-0.2, 0) is 4.74 Å². The second-order valence-electron chi connectivity index (χ2n) is 4.96. The summed E-state index contributed by atoms with van der Waals surface area (Å²) in [5, 5.41) is 0. The van der Waals surface area contributed by atoms with Gasteiger partial charge in [-0.25, -0.2) is 0 Å². The molecule has 1 fully saturated rings. The molecule has 18 heavy (non-hydrogen) atoms. The predicted octanol–water partition coefficient (Wildman–Crippen LogP) is 3.72. The van der Waals surface area contributed by atoms with Gasteiger partial charge in [-0.05, 0) is 37.1 Å². The highest BCUT2D eigenvalue weighted by Crippen LogP contribution is 2.37. The van der Waals surface area contributed by atoms with Crippen LogP contribution in [0.15, 0.2) is 53.9 Å². The van der Waals surface area contributed by atoms with Crippen molar-refractivity contribution in [3.05, 3.63) is 53.9 Å². The summed E-state index contributed by atoms with van der Waals surface area (Å²) in [5.74, 6) is 1.73. The molecule has 3 rings (SSSR count). The van der Waals surface area contributed by atoms with Crippen molar-refractivity contribution in [2.75, 3.05) is 18.6 Å². The smallest absolute Gasteiger partial charge is 0.0962 e. The van der Waals surface area contributed by atoms with Crippen LogP contribution in [0, 0.1) is 5.92 Å². The Hall–Kier alpha value is -1.70. The highest BCUT2D eigenvalue weighted by atomic mass is 16.5. The highest BCUT2D eigenvalue weighted by Gasteiger charge is 2.28. The van der Waals surface area contributed by atoms with E-state index in [2.05, 4.69) is 47.4 Å². The molecule has 1 aromatic carbocycles. The monoisotopic (exact) mass is 241 g/mol. The lowest BCUT2D eigenvalue weighted by atomic mass is 9.86. The van der Waals surface area contributed by atoms with Crippen LogP contribution in [0.2, 0.25) is 0 Å². The van der Waals surface area contributed by atoms with Crippen LogP contribution < -0.4 is 4.90 Å². The van der Waals surface area contributed by atoms with Crippen LogP contribution in [0.1, 0.15) is 19.3 Å². The molecule has 1 unspecified atom stereocenters. The third-order valence-corrected chi connectivity index (χ3v) is 3.88. The lowest BCUT2D eigenvalue weighted by Gasteiger charge is -2.39. The Balaban J connectivity index is 1.92. The van der Waals surface area contributed by atoms with Crippen molar-refractivity contribution in [2.45, 2.75) is 19.3 Å². The molecule has 0 saturated carbocycles. The van der Waals surface area contributed by atoms with Crippen LogP contribution in [0.25, 0.3) is 0 Å². The lowest BCUT2D eigenvalue weighted by Crippen LogP contribution is -2.34. The van der Waals surface area contributed by atoms with Gasteiger partial charge >= 0.3 is 0 Å². The van der Waals surface area contributed by atoms with Gasteiger partial charge in [0.25, 0.3) is 0 Å². The van der Waals surface area contributed by atoms with E-state index in [1.165, 1.54) is 24.2 Å². The molecule has 0 N–H and O–H groups in total. The molecule has 2 heteroatoms. The largest absolute Gasteiger partial charge is 0.501 e. The number of methoxy groups -OCH3 is 1. The summed E-state index contributed by atoms with van der Waals surface area (Å²) >= 11 is 0. The first-order valence-electron chi connectivity index (χ1n) is 6.66. The van der Waals surface area contributed by atoms with Crippen LogP contribution in [0.5, 0.6) is 0 Å². The molecule has 0 spiro atoms. The number of anilines is 1. The summed E-state index contributed by atoms with van der Waals surface area (Å²) in [5.41, 5.74) is 2.76. The van der Waals surface area contributed by atoms with Gasteiger partial charge in [-0.2, -0.15) is 0 Å². The van der Waals surface area contributed by atoms with Crippen molar-refractivity contribution >= 4 is 5.69 Å². The van der Waals surface area contributed by atoms with E-state index in [0.29, 0.717) is 5.92 Å². The zero-order chi connectivity index (χ0) is 12.4. The van der Waals surface area contributed by atoms with Crippen molar-refractivity contribution in [2.24, 2.45) is 5.92 Å². The number of benzene rings is 1. The number of fused-ring (bicyclic) bond motifs is 1. The summed E-state index contributed by atoms with van der Waals surface area (Å²) < 4.78 is 5.38. The predicted molar refractivity (Wildman–Crippen MR) is 74.3 cm³/mol. The summed E-state index contributed by atoms with van der Waals surface area (Å²) in [7, 11) is 1.77. The molecule has 1 aliphatic carbocycles. The van der Waals surface area contributed by atoms with Gasteiger partial charge in [0, 0.05) is 30.3 Å². The second kappa shape index (κ2) is 4.89. The second-order valence-corrected chi connectivity index (χ2v) is 4.96. The number of ether oxygens (including phenoxy) is 1. The topological polar surface area (TPSA) is 12.5 Å². The Morgan fingerprint density at radius 2 is 2.00 bits per heavy atom. The number of para-hydroxylation sites is 1. The average molecular weight is 241 g/mol. The summed E-state index contributed by atoms with van der Waals surface area (Å²) in [6.07, 6.45) is 7.93. The number of hydrogen-bond donors (Lipinski definition) is 0. The van der Waals surface area contributed by atoms with E-state index in [1.54, 1.807) is 7.11 Å². The molecule has 1 aliphatic heterocycles. The number of allylic oxidation sites excluding steroid dienone is 4. The maximum atomic E-state index is 5.38. The molecule has 1 heterocycles. The standard InChI is InChI=1S/C16H19NO/c1-18-15-9-10-16-13(12-15)6-5-11-17(16)14-7-3-2-4-8-14/h2-4,7-10,13H,5-6,11-12H2,1H3. The lowest BCUT2D eigenvalue weighted by molar-refractivity contribution is 0.255. The quantitative estimate of drug-likeness (QED) is 0.782. The SMILES string of the molecule is COC1=CC=C2C(CCCN2c2ccccc2)C1. The van der Waals surface area contributed by atoms with Crippen LogP contribution >= 0.6 is 0 Å². The van der Waals surface area contributed by atoms with Gasteiger partial charge in [0.2, 0.25) is 0 Å². The number of hydrogen-bond acceptors (Lipinski definition) is 2. The molecule has 0 aromatic heterocycles. The maximum absolute atomic E-state index is 5.38. The van der Waals surface area contributed by atoms with Crippen LogP contribution in [0.3, 0.4) is 0 Å². The van der Waals surface area contributed by atoms with Gasteiger partial charge in [0.1, 0.15) is 0 Å². The van der Waals surface area contributed by atoms with Gasteiger partial charge < -0.3 is 9.64 Å². The molecule has 94 valence electrons. The van der Waals surface area contributed by atoms with E-state index < -0.39 is 0 Å². The zero-order valence-electron chi connectivity index (χ0n) is 10.8. The van der Waals surface area contributed by atoms with Gasteiger partial charge in [-0.3, -0.25) is 0 Å². The number of rotatable bonds is 2. The van der Waals surface area contributed by atoms with E-state index in [4.69, 9.17) is 4.74 Å². The fourth-order valence-corrected chi connectivity index (χ4v) is 2.95. The minimum Gasteiger partial charge on any atom is -0.501 e. The summed E-state index contributed by atoms with van der Waals surface area (Å²) in [6.45, 7) is 1.13. The number of nitrogens with zero attached hydrogens (tertiary/aromatic N) is 1. The van der Waals surface area contributed by atoms with Gasteiger partial charge in [-0.15, -0.1) is 0 Å². The highest BCUT2D eigenvalue weighted by molar-refractivity contribution is 5.54. The summed E-state index contributed by atoms with van der Waals surface area (Å²) in [4.78, 5) is 2.46. The Labute approximate surface area is 109 Å². The van der Waals surface area contributed by atoms with Crippen molar-refractivity contribution in [3.8, 4) is 0 Å². The van der Waals surface area contributed by atoms with E-state index >= 15 is 0 Å². The van der Waals surface area contributed by atoms with Crippen molar-refractivity contribution in [1.29, 1.82) is 0 Å². The average Bonchev–Trinajstić information content (AvgIpc) is 2.47. The molecular formula is C16H19NO. The van der Waals surface area contributed by atoms with Gasteiger partial charge in [0.05, 0.1) is 12.9 Å². The first-order chi connectivity index (χ1) is 8.88. The molecule has 0 radical (unpaired) electrons. The minimum atomic E-state index is 0.624. The Morgan fingerprint density at radius 1 is 1.17 bits per heavy atom. The Kier molecular flexibility index (Phi) is 3.09. The van der Waals surface area contributed by atoms with Crippen molar-refractivity contribution < 1.29 is 4.74 Å². The fraction of sp³-hybridized carbons (Fsp3) is 0.375. The summed E-state index contributed by atoms with van der Waals surface area (Å²) in [6, 6.07) is 10.7. The first kappa shape index (κ1) is 11.4. The Morgan fingerprint density at radius 3 is 2.78 bits per heavy atom. The Bertz CT molecular complexity index is 475. The van der Waals surface area contributed by atoms with E-state index in [9.17, 15) is 0 Å².